The summed E-state index contributed by atoms with van der Waals surface area (Å²) in [5.74, 6) is 0. The van der Waals surface area contributed by atoms with Gasteiger partial charge in [0.05, 0.1) is 5.69 Å². The van der Waals surface area contributed by atoms with Crippen LogP contribution in [-0.4, -0.2) is 4.98 Å². The zero-order chi connectivity index (χ0) is 20.0. The van der Waals surface area contributed by atoms with Crippen molar-refractivity contribution in [2.24, 2.45) is 0 Å². The zero-order valence-corrected chi connectivity index (χ0v) is 16.9. The van der Waals surface area contributed by atoms with Gasteiger partial charge in [-0.25, -0.2) is 0 Å². The first-order valence-electron chi connectivity index (χ1n) is 9.99. The van der Waals surface area contributed by atoms with E-state index in [2.05, 4.69) is 98.6 Å². The van der Waals surface area contributed by atoms with Crippen LogP contribution in [0.3, 0.4) is 0 Å². The van der Waals surface area contributed by atoms with Crippen LogP contribution in [0.1, 0.15) is 26.3 Å². The molecule has 0 aliphatic rings. The van der Waals surface area contributed by atoms with Crippen molar-refractivity contribution in [1.29, 1.82) is 0 Å². The van der Waals surface area contributed by atoms with Gasteiger partial charge in [0.25, 0.3) is 0 Å². The Morgan fingerprint density at radius 2 is 1.34 bits per heavy atom. The normalized spacial score (nSPS) is 12.0. The fourth-order valence-corrected chi connectivity index (χ4v) is 3.91. The third-order valence-electron chi connectivity index (χ3n) is 5.51. The van der Waals surface area contributed by atoms with E-state index in [9.17, 15) is 0 Å². The molecule has 29 heavy (non-hydrogen) atoms. The molecule has 0 radical (unpaired) electrons. The fourth-order valence-electron chi connectivity index (χ4n) is 3.91. The molecule has 2 nitrogen and oxygen atoms in total. The second kappa shape index (κ2) is 6.59. The second-order valence-electron chi connectivity index (χ2n) is 8.51. The number of furan rings is 1. The van der Waals surface area contributed by atoms with E-state index in [-0.39, 0.29) is 5.41 Å². The topological polar surface area (TPSA) is 26.0 Å². The minimum Gasteiger partial charge on any atom is -0.455 e. The number of pyridine rings is 1. The summed E-state index contributed by atoms with van der Waals surface area (Å²) < 4.78 is 6.51. The zero-order valence-electron chi connectivity index (χ0n) is 16.9. The van der Waals surface area contributed by atoms with Gasteiger partial charge in [-0.05, 0) is 34.7 Å². The van der Waals surface area contributed by atoms with Gasteiger partial charge >= 0.3 is 0 Å². The number of para-hydroxylation sites is 2. The highest BCUT2D eigenvalue weighted by atomic mass is 16.3. The first-order chi connectivity index (χ1) is 14.0. The molecule has 3 aromatic carbocycles. The molecule has 0 unspecified atom stereocenters. The largest absolute Gasteiger partial charge is 0.455 e. The molecule has 0 aliphatic heterocycles. The molecule has 0 atom stereocenters. The number of rotatable bonds is 2. The van der Waals surface area contributed by atoms with E-state index in [1.165, 1.54) is 5.56 Å². The van der Waals surface area contributed by atoms with E-state index in [1.54, 1.807) is 0 Å². The standard InChI is InChI=1S/C27H23NO/c1-27(2,3)19-15-16-28-24(17-19)23-14-8-13-22-21-12-7-11-20(25(21)29-26(22)23)18-9-5-4-6-10-18/h4-17H,1-3H3. The molecule has 0 N–H and O–H groups in total. The molecule has 0 spiro atoms. The molecule has 0 aliphatic carbocycles. The molecular weight excluding hydrogens is 354 g/mol. The van der Waals surface area contributed by atoms with Gasteiger partial charge in [0, 0.05) is 28.1 Å². The lowest BCUT2D eigenvalue weighted by atomic mass is 9.87. The molecule has 0 bridgehead atoms. The Hall–Kier alpha value is -3.39. The van der Waals surface area contributed by atoms with E-state index >= 15 is 0 Å². The number of hydrogen-bond donors (Lipinski definition) is 0. The van der Waals surface area contributed by atoms with Crippen LogP contribution in [-0.2, 0) is 5.41 Å². The van der Waals surface area contributed by atoms with Crippen LogP contribution >= 0.6 is 0 Å². The van der Waals surface area contributed by atoms with Crippen molar-refractivity contribution in [3.63, 3.8) is 0 Å². The maximum absolute atomic E-state index is 6.51. The monoisotopic (exact) mass is 377 g/mol. The first kappa shape index (κ1) is 17.7. The molecule has 0 saturated heterocycles. The van der Waals surface area contributed by atoms with Gasteiger partial charge in [-0.2, -0.15) is 0 Å². The smallest absolute Gasteiger partial charge is 0.144 e. The van der Waals surface area contributed by atoms with Gasteiger partial charge in [-0.3, -0.25) is 4.98 Å². The highest BCUT2D eigenvalue weighted by Crippen LogP contribution is 2.39. The lowest BCUT2D eigenvalue weighted by Gasteiger charge is -2.19. The van der Waals surface area contributed by atoms with Crippen molar-refractivity contribution in [1.82, 2.24) is 4.98 Å². The summed E-state index contributed by atoms with van der Waals surface area (Å²) in [4.78, 5) is 4.66. The lowest BCUT2D eigenvalue weighted by molar-refractivity contribution is 0.589. The van der Waals surface area contributed by atoms with Crippen LogP contribution in [0.4, 0.5) is 0 Å². The molecule has 142 valence electrons. The van der Waals surface area contributed by atoms with Crippen molar-refractivity contribution in [2.75, 3.05) is 0 Å². The summed E-state index contributed by atoms with van der Waals surface area (Å²) in [7, 11) is 0. The second-order valence-corrected chi connectivity index (χ2v) is 8.51. The van der Waals surface area contributed by atoms with Gasteiger partial charge in [-0.15, -0.1) is 0 Å². The minimum absolute atomic E-state index is 0.0694. The maximum Gasteiger partial charge on any atom is 0.144 e. The molecule has 2 heteroatoms. The van der Waals surface area contributed by atoms with Gasteiger partial charge in [0.15, 0.2) is 0 Å². The number of nitrogens with zero attached hydrogens (tertiary/aromatic N) is 1. The van der Waals surface area contributed by atoms with Crippen molar-refractivity contribution in [2.45, 2.75) is 26.2 Å². The Balaban J connectivity index is 1.78. The lowest BCUT2D eigenvalue weighted by Crippen LogP contribution is -2.11. The predicted molar refractivity (Wildman–Crippen MR) is 121 cm³/mol. The summed E-state index contributed by atoms with van der Waals surface area (Å²) in [5, 5.41) is 2.26. The number of fused-ring (bicyclic) bond motifs is 3. The minimum atomic E-state index is 0.0694. The summed E-state index contributed by atoms with van der Waals surface area (Å²) in [6.45, 7) is 6.67. The van der Waals surface area contributed by atoms with Crippen molar-refractivity contribution < 1.29 is 4.42 Å². The predicted octanol–water partition coefficient (Wildman–Crippen LogP) is 7.61. The van der Waals surface area contributed by atoms with Crippen molar-refractivity contribution in [3.8, 4) is 22.4 Å². The average Bonchev–Trinajstić information content (AvgIpc) is 3.13. The van der Waals surface area contributed by atoms with Crippen LogP contribution in [0.15, 0.2) is 89.5 Å². The molecule has 5 aromatic rings. The fraction of sp³-hybridized carbons (Fsp3) is 0.148. The highest BCUT2D eigenvalue weighted by molar-refractivity contribution is 6.12. The van der Waals surface area contributed by atoms with Gasteiger partial charge in [0.2, 0.25) is 0 Å². The molecule has 0 amide bonds. The maximum atomic E-state index is 6.51. The quantitative estimate of drug-likeness (QED) is 0.316. The molecule has 0 fully saturated rings. The molecule has 0 saturated carbocycles. The Kier molecular flexibility index (Phi) is 4.02. The summed E-state index contributed by atoms with van der Waals surface area (Å²) >= 11 is 0. The van der Waals surface area contributed by atoms with Crippen LogP contribution < -0.4 is 0 Å². The molecule has 2 heterocycles. The SMILES string of the molecule is CC(C)(C)c1ccnc(-c2cccc3c2oc2c(-c4ccccc4)cccc23)c1. The van der Waals surface area contributed by atoms with E-state index in [4.69, 9.17) is 4.42 Å². The van der Waals surface area contributed by atoms with E-state index < -0.39 is 0 Å². The summed E-state index contributed by atoms with van der Waals surface area (Å²) in [5.41, 5.74) is 7.40. The van der Waals surface area contributed by atoms with Gasteiger partial charge < -0.3 is 4.42 Å². The van der Waals surface area contributed by atoms with Gasteiger partial charge in [-0.1, -0.05) is 81.4 Å². The van der Waals surface area contributed by atoms with Crippen molar-refractivity contribution in [3.05, 3.63) is 90.6 Å². The first-order valence-corrected chi connectivity index (χ1v) is 9.99. The molecular formula is C27H23NO. The summed E-state index contributed by atoms with van der Waals surface area (Å²) in [6.07, 6.45) is 1.90. The third-order valence-corrected chi connectivity index (χ3v) is 5.51. The van der Waals surface area contributed by atoms with E-state index in [1.807, 2.05) is 12.3 Å². The number of benzene rings is 3. The summed E-state index contributed by atoms with van der Waals surface area (Å²) in [6, 6.07) is 27.4. The Labute approximate surface area is 170 Å². The third kappa shape index (κ3) is 3.01. The Morgan fingerprint density at radius 1 is 0.690 bits per heavy atom. The molecule has 5 rings (SSSR count). The van der Waals surface area contributed by atoms with E-state index in [0.717, 1.165) is 44.3 Å². The van der Waals surface area contributed by atoms with Crippen molar-refractivity contribution >= 4 is 21.9 Å². The van der Waals surface area contributed by atoms with Crippen LogP contribution in [0, 0.1) is 0 Å². The Morgan fingerprint density at radius 3 is 2.03 bits per heavy atom. The van der Waals surface area contributed by atoms with Gasteiger partial charge in [0.1, 0.15) is 11.2 Å². The average molecular weight is 377 g/mol. The highest BCUT2D eigenvalue weighted by Gasteiger charge is 2.18. The van der Waals surface area contributed by atoms with Crippen LogP contribution in [0.2, 0.25) is 0 Å². The molecule has 2 aromatic heterocycles. The van der Waals surface area contributed by atoms with Crippen LogP contribution in [0.5, 0.6) is 0 Å². The van der Waals surface area contributed by atoms with Crippen LogP contribution in [0.25, 0.3) is 44.3 Å². The van der Waals surface area contributed by atoms with E-state index in [0.29, 0.717) is 0 Å². The Bertz CT molecular complexity index is 1320. The number of aromatic nitrogens is 1. The number of hydrogen-bond acceptors (Lipinski definition) is 2.